The van der Waals surface area contributed by atoms with E-state index in [1.54, 1.807) is 6.20 Å². The monoisotopic (exact) mass is 334 g/mol. The third kappa shape index (κ3) is 5.21. The summed E-state index contributed by atoms with van der Waals surface area (Å²) in [6.07, 6.45) is 1.74. The van der Waals surface area contributed by atoms with Gasteiger partial charge in [-0.05, 0) is 30.7 Å². The summed E-state index contributed by atoms with van der Waals surface area (Å²) in [6, 6.07) is 22.1. The quantitative estimate of drug-likeness (QED) is 0.606. The standard InChI is InChI=1S/C20H22N4O/c1-16(17-8-4-2-5-9-17)23-19-12-13-21-20(24-19)22-14-15-25-18-10-6-3-7-11-18/h2-13,16H,14-15H2,1H3,(H2,21,22,23,24)/t16-/m0/s1. The third-order valence-corrected chi connectivity index (χ3v) is 3.72. The number of benzene rings is 2. The summed E-state index contributed by atoms with van der Waals surface area (Å²) in [7, 11) is 0. The van der Waals surface area contributed by atoms with Crippen molar-refractivity contribution in [3.8, 4) is 5.75 Å². The Labute approximate surface area is 148 Å². The van der Waals surface area contributed by atoms with Crippen molar-refractivity contribution in [2.24, 2.45) is 0 Å². The van der Waals surface area contributed by atoms with Crippen LogP contribution in [0.15, 0.2) is 72.9 Å². The van der Waals surface area contributed by atoms with Gasteiger partial charge in [0, 0.05) is 12.2 Å². The lowest BCUT2D eigenvalue weighted by molar-refractivity contribution is 0.332. The maximum absolute atomic E-state index is 5.65. The molecule has 0 aliphatic heterocycles. The molecule has 25 heavy (non-hydrogen) atoms. The number of nitrogens with zero attached hydrogens (tertiary/aromatic N) is 2. The van der Waals surface area contributed by atoms with E-state index in [0.29, 0.717) is 19.1 Å². The van der Waals surface area contributed by atoms with Crippen LogP contribution in [0.5, 0.6) is 5.75 Å². The second-order valence-electron chi connectivity index (χ2n) is 5.63. The molecule has 0 spiro atoms. The van der Waals surface area contributed by atoms with E-state index < -0.39 is 0 Å². The Hall–Kier alpha value is -3.08. The van der Waals surface area contributed by atoms with Crippen LogP contribution in [0.25, 0.3) is 0 Å². The Balaban J connectivity index is 1.49. The zero-order valence-electron chi connectivity index (χ0n) is 14.2. The van der Waals surface area contributed by atoms with Gasteiger partial charge in [0.25, 0.3) is 0 Å². The van der Waals surface area contributed by atoms with Gasteiger partial charge in [-0.3, -0.25) is 0 Å². The van der Waals surface area contributed by atoms with Crippen molar-refractivity contribution in [3.05, 3.63) is 78.5 Å². The highest BCUT2D eigenvalue weighted by molar-refractivity contribution is 5.42. The lowest BCUT2D eigenvalue weighted by Gasteiger charge is -2.15. The van der Waals surface area contributed by atoms with Crippen LogP contribution in [0.4, 0.5) is 11.8 Å². The summed E-state index contributed by atoms with van der Waals surface area (Å²) >= 11 is 0. The third-order valence-electron chi connectivity index (χ3n) is 3.72. The fourth-order valence-corrected chi connectivity index (χ4v) is 2.42. The van der Waals surface area contributed by atoms with Crippen molar-refractivity contribution < 1.29 is 4.74 Å². The second-order valence-corrected chi connectivity index (χ2v) is 5.63. The van der Waals surface area contributed by atoms with E-state index in [1.807, 2.05) is 54.6 Å². The maximum Gasteiger partial charge on any atom is 0.224 e. The van der Waals surface area contributed by atoms with Crippen LogP contribution in [0.2, 0.25) is 0 Å². The first-order valence-corrected chi connectivity index (χ1v) is 8.37. The predicted octanol–water partition coefficient (Wildman–Crippen LogP) is 4.14. The van der Waals surface area contributed by atoms with E-state index in [4.69, 9.17) is 4.74 Å². The number of aromatic nitrogens is 2. The topological polar surface area (TPSA) is 59.1 Å². The van der Waals surface area contributed by atoms with Gasteiger partial charge < -0.3 is 15.4 Å². The largest absolute Gasteiger partial charge is 0.492 e. The minimum atomic E-state index is 0.172. The van der Waals surface area contributed by atoms with Crippen molar-refractivity contribution in [1.82, 2.24) is 9.97 Å². The summed E-state index contributed by atoms with van der Waals surface area (Å²) in [5, 5.41) is 6.57. The molecule has 0 bridgehead atoms. The van der Waals surface area contributed by atoms with Crippen LogP contribution >= 0.6 is 0 Å². The molecule has 3 aromatic rings. The van der Waals surface area contributed by atoms with Crippen LogP contribution in [0, 0.1) is 0 Å². The van der Waals surface area contributed by atoms with Gasteiger partial charge in [-0.25, -0.2) is 4.98 Å². The fourth-order valence-electron chi connectivity index (χ4n) is 2.42. The second kappa shape index (κ2) is 8.68. The van der Waals surface area contributed by atoms with Crippen molar-refractivity contribution >= 4 is 11.8 Å². The lowest BCUT2D eigenvalue weighted by atomic mass is 10.1. The first-order chi connectivity index (χ1) is 12.3. The molecule has 2 aromatic carbocycles. The zero-order chi connectivity index (χ0) is 17.3. The molecule has 0 saturated heterocycles. The van der Waals surface area contributed by atoms with Gasteiger partial charge >= 0.3 is 0 Å². The molecular weight excluding hydrogens is 312 g/mol. The number of para-hydroxylation sites is 1. The molecule has 0 radical (unpaired) electrons. The number of nitrogens with one attached hydrogen (secondary N) is 2. The number of hydrogen-bond acceptors (Lipinski definition) is 5. The van der Waals surface area contributed by atoms with E-state index in [-0.39, 0.29) is 6.04 Å². The summed E-state index contributed by atoms with van der Waals surface area (Å²) in [5.74, 6) is 2.23. The molecule has 2 N–H and O–H groups in total. The van der Waals surface area contributed by atoms with Crippen molar-refractivity contribution in [2.75, 3.05) is 23.8 Å². The van der Waals surface area contributed by atoms with Gasteiger partial charge in [0.1, 0.15) is 18.2 Å². The van der Waals surface area contributed by atoms with Crippen LogP contribution < -0.4 is 15.4 Å². The molecule has 128 valence electrons. The number of anilines is 2. The van der Waals surface area contributed by atoms with E-state index in [1.165, 1.54) is 5.56 Å². The van der Waals surface area contributed by atoms with Crippen LogP contribution in [-0.4, -0.2) is 23.1 Å². The van der Waals surface area contributed by atoms with E-state index in [2.05, 4.69) is 39.7 Å². The SMILES string of the molecule is C[C@H](Nc1ccnc(NCCOc2ccccc2)n1)c1ccccc1. The van der Waals surface area contributed by atoms with E-state index in [9.17, 15) is 0 Å². The molecule has 1 aromatic heterocycles. The maximum atomic E-state index is 5.65. The number of hydrogen-bond donors (Lipinski definition) is 2. The first kappa shape index (κ1) is 16.8. The summed E-state index contributed by atoms with van der Waals surface area (Å²) in [6.45, 7) is 3.29. The van der Waals surface area contributed by atoms with Gasteiger partial charge in [0.15, 0.2) is 0 Å². The van der Waals surface area contributed by atoms with Crippen molar-refractivity contribution in [2.45, 2.75) is 13.0 Å². The van der Waals surface area contributed by atoms with E-state index >= 15 is 0 Å². The minimum Gasteiger partial charge on any atom is -0.492 e. The molecule has 0 aliphatic rings. The normalized spacial score (nSPS) is 11.6. The average molecular weight is 334 g/mol. The summed E-state index contributed by atoms with van der Waals surface area (Å²) in [5.41, 5.74) is 1.21. The van der Waals surface area contributed by atoms with Crippen LogP contribution in [-0.2, 0) is 0 Å². The highest BCUT2D eigenvalue weighted by atomic mass is 16.5. The molecule has 0 saturated carbocycles. The molecule has 3 rings (SSSR count). The van der Waals surface area contributed by atoms with Crippen molar-refractivity contribution in [3.63, 3.8) is 0 Å². The smallest absolute Gasteiger partial charge is 0.224 e. The summed E-state index contributed by atoms with van der Waals surface area (Å²) < 4.78 is 5.65. The molecule has 1 atom stereocenters. The number of rotatable bonds is 8. The lowest BCUT2D eigenvalue weighted by Crippen LogP contribution is -2.14. The van der Waals surface area contributed by atoms with Gasteiger partial charge in [-0.15, -0.1) is 0 Å². The Morgan fingerprint density at radius 2 is 1.68 bits per heavy atom. The molecular formula is C20H22N4O. The summed E-state index contributed by atoms with van der Waals surface area (Å²) in [4.78, 5) is 8.74. The minimum absolute atomic E-state index is 0.172. The molecule has 0 fully saturated rings. The van der Waals surface area contributed by atoms with Gasteiger partial charge in [-0.1, -0.05) is 48.5 Å². The highest BCUT2D eigenvalue weighted by Crippen LogP contribution is 2.17. The van der Waals surface area contributed by atoms with Crippen molar-refractivity contribution in [1.29, 1.82) is 0 Å². The molecule has 5 nitrogen and oxygen atoms in total. The van der Waals surface area contributed by atoms with Gasteiger partial charge in [-0.2, -0.15) is 4.98 Å². The zero-order valence-corrected chi connectivity index (χ0v) is 14.2. The van der Waals surface area contributed by atoms with E-state index in [0.717, 1.165) is 11.6 Å². The van der Waals surface area contributed by atoms with Gasteiger partial charge in [0.05, 0.1) is 6.54 Å². The Kier molecular flexibility index (Phi) is 5.82. The van der Waals surface area contributed by atoms with Gasteiger partial charge in [0.2, 0.25) is 5.95 Å². The predicted molar refractivity (Wildman–Crippen MR) is 101 cm³/mol. The average Bonchev–Trinajstić information content (AvgIpc) is 2.67. The Morgan fingerprint density at radius 1 is 0.960 bits per heavy atom. The Bertz CT molecular complexity index is 765. The number of ether oxygens (including phenoxy) is 1. The van der Waals surface area contributed by atoms with Crippen LogP contribution in [0.1, 0.15) is 18.5 Å². The highest BCUT2D eigenvalue weighted by Gasteiger charge is 2.06. The molecule has 0 unspecified atom stereocenters. The molecule has 5 heteroatoms. The molecule has 0 amide bonds. The molecule has 0 aliphatic carbocycles. The van der Waals surface area contributed by atoms with Crippen LogP contribution in [0.3, 0.4) is 0 Å². The molecule has 1 heterocycles. The first-order valence-electron chi connectivity index (χ1n) is 8.37. The fraction of sp³-hybridized carbons (Fsp3) is 0.200. The Morgan fingerprint density at radius 3 is 2.44 bits per heavy atom.